The first kappa shape index (κ1) is 33.1. The Labute approximate surface area is 226 Å². The predicted molar refractivity (Wildman–Crippen MR) is 144 cm³/mol. The van der Waals surface area contributed by atoms with Gasteiger partial charge >= 0.3 is 23.9 Å². The molecule has 0 heterocycles. The summed E-state index contributed by atoms with van der Waals surface area (Å²) < 4.78 is 16.9. The van der Waals surface area contributed by atoms with Crippen LogP contribution in [0.15, 0.2) is 18.2 Å². The average Bonchev–Trinajstić information content (AvgIpc) is 2.85. The number of rotatable bonds is 14. The molecule has 9 nitrogen and oxygen atoms in total. The summed E-state index contributed by atoms with van der Waals surface area (Å²) in [5, 5.41) is 9.77. The zero-order valence-corrected chi connectivity index (χ0v) is 24.3. The van der Waals surface area contributed by atoms with Crippen LogP contribution in [0.25, 0.3) is 0 Å². The van der Waals surface area contributed by atoms with Crippen molar-refractivity contribution in [2.45, 2.75) is 106 Å². The SMILES string of the molecule is CCCC(=O)OC(C)C(C)C(c1ccc(OC(=O)C(C)(C)CC)c(OC(=O)C(C)(C)CC)c1)[C@H](N)C(=O)O. The molecule has 3 unspecified atom stereocenters. The van der Waals surface area contributed by atoms with E-state index in [-0.39, 0.29) is 23.9 Å². The maximum atomic E-state index is 13.0. The lowest BCUT2D eigenvalue weighted by atomic mass is 9.79. The zero-order valence-electron chi connectivity index (χ0n) is 24.3. The summed E-state index contributed by atoms with van der Waals surface area (Å²) >= 11 is 0. The maximum absolute atomic E-state index is 13.0. The molecule has 0 aromatic heterocycles. The molecular formula is C29H45NO8. The molecule has 0 fully saturated rings. The molecule has 1 aromatic carbocycles. The van der Waals surface area contributed by atoms with Crippen molar-refractivity contribution in [3.8, 4) is 11.5 Å². The number of carboxylic acids is 1. The number of hydrogen-bond acceptors (Lipinski definition) is 8. The molecule has 9 heteroatoms. The summed E-state index contributed by atoms with van der Waals surface area (Å²) in [6.45, 7) is 16.0. The number of carbonyl (C=O) groups is 4. The van der Waals surface area contributed by atoms with E-state index in [1.807, 2.05) is 20.8 Å². The van der Waals surface area contributed by atoms with Crippen LogP contribution >= 0.6 is 0 Å². The molecular weight excluding hydrogens is 490 g/mol. The summed E-state index contributed by atoms with van der Waals surface area (Å²) in [4.78, 5) is 49.8. The fourth-order valence-corrected chi connectivity index (χ4v) is 3.52. The molecule has 0 aliphatic heterocycles. The summed E-state index contributed by atoms with van der Waals surface area (Å²) in [6.07, 6.45) is 1.26. The van der Waals surface area contributed by atoms with Crippen molar-refractivity contribution in [3.63, 3.8) is 0 Å². The molecule has 38 heavy (non-hydrogen) atoms. The molecule has 0 saturated carbocycles. The van der Waals surface area contributed by atoms with Gasteiger partial charge in [0.25, 0.3) is 0 Å². The lowest BCUT2D eigenvalue weighted by molar-refractivity contribution is -0.151. The Morgan fingerprint density at radius 2 is 1.39 bits per heavy atom. The minimum atomic E-state index is -1.35. The number of carbonyl (C=O) groups excluding carboxylic acids is 3. The molecule has 3 N–H and O–H groups in total. The van der Waals surface area contributed by atoms with Crippen LogP contribution < -0.4 is 15.2 Å². The van der Waals surface area contributed by atoms with Crippen molar-refractivity contribution in [2.24, 2.45) is 22.5 Å². The van der Waals surface area contributed by atoms with Gasteiger partial charge in [0.2, 0.25) is 0 Å². The molecule has 4 atom stereocenters. The number of carboxylic acid groups (broad SMARTS) is 1. The highest BCUT2D eigenvalue weighted by atomic mass is 16.6. The lowest BCUT2D eigenvalue weighted by Crippen LogP contribution is -2.42. The summed E-state index contributed by atoms with van der Waals surface area (Å²) in [6, 6.07) is 3.20. The van der Waals surface area contributed by atoms with E-state index in [2.05, 4.69) is 0 Å². The molecule has 0 bridgehead atoms. The average molecular weight is 536 g/mol. The van der Waals surface area contributed by atoms with E-state index in [1.165, 1.54) is 12.1 Å². The van der Waals surface area contributed by atoms with E-state index in [4.69, 9.17) is 19.9 Å². The van der Waals surface area contributed by atoms with Crippen molar-refractivity contribution >= 4 is 23.9 Å². The van der Waals surface area contributed by atoms with Crippen LogP contribution in [0.3, 0.4) is 0 Å². The van der Waals surface area contributed by atoms with Crippen molar-refractivity contribution in [3.05, 3.63) is 23.8 Å². The Bertz CT molecular complexity index is 1000. The highest BCUT2D eigenvalue weighted by Gasteiger charge is 2.37. The van der Waals surface area contributed by atoms with Gasteiger partial charge in [0.1, 0.15) is 12.1 Å². The van der Waals surface area contributed by atoms with Crippen LogP contribution in [0, 0.1) is 16.7 Å². The molecule has 0 aliphatic rings. The van der Waals surface area contributed by atoms with Crippen LogP contribution in [0.2, 0.25) is 0 Å². The lowest BCUT2D eigenvalue weighted by Gasteiger charge is -2.32. The Hall–Kier alpha value is -2.94. The summed E-state index contributed by atoms with van der Waals surface area (Å²) in [5.41, 5.74) is 4.98. The van der Waals surface area contributed by atoms with E-state index in [1.54, 1.807) is 47.6 Å². The Balaban J connectivity index is 3.60. The van der Waals surface area contributed by atoms with Crippen LogP contribution in [0.5, 0.6) is 11.5 Å². The van der Waals surface area contributed by atoms with Gasteiger partial charge in [-0.15, -0.1) is 0 Å². The van der Waals surface area contributed by atoms with Gasteiger partial charge in [-0.25, -0.2) is 0 Å². The van der Waals surface area contributed by atoms with E-state index in [0.717, 1.165) is 0 Å². The third-order valence-corrected chi connectivity index (χ3v) is 7.38. The largest absolute Gasteiger partial charge is 0.480 e. The second kappa shape index (κ2) is 13.7. The number of benzene rings is 1. The smallest absolute Gasteiger partial charge is 0.321 e. The molecule has 0 radical (unpaired) electrons. The fourth-order valence-electron chi connectivity index (χ4n) is 3.52. The van der Waals surface area contributed by atoms with Gasteiger partial charge in [-0.3, -0.25) is 19.2 Å². The first-order valence-corrected chi connectivity index (χ1v) is 13.3. The monoisotopic (exact) mass is 535 g/mol. The topological polar surface area (TPSA) is 142 Å². The fraction of sp³-hybridized carbons (Fsp3) is 0.655. The molecule has 0 amide bonds. The number of aliphatic carboxylic acids is 1. The standard InChI is InChI=1S/C29H45NO8/c1-10-13-22(31)36-18(5)17(4)23(24(30)25(32)33)19-14-15-20(37-26(34)28(6,7)11-2)21(16-19)38-27(35)29(8,9)12-3/h14-18,23-24H,10-13,30H2,1-9H3,(H,32,33)/t17?,18?,23?,24-/m0/s1. The number of esters is 3. The first-order valence-electron chi connectivity index (χ1n) is 13.3. The highest BCUT2D eigenvalue weighted by molar-refractivity contribution is 5.82. The van der Waals surface area contributed by atoms with Crippen molar-refractivity contribution < 1.29 is 38.5 Å². The van der Waals surface area contributed by atoms with Crippen LogP contribution in [-0.2, 0) is 23.9 Å². The third-order valence-electron chi connectivity index (χ3n) is 7.38. The second-order valence-corrected chi connectivity index (χ2v) is 11.2. The molecule has 1 rings (SSSR count). The Morgan fingerprint density at radius 3 is 1.84 bits per heavy atom. The number of ether oxygens (including phenoxy) is 3. The van der Waals surface area contributed by atoms with Gasteiger partial charge in [0, 0.05) is 18.3 Å². The highest BCUT2D eigenvalue weighted by Crippen LogP contribution is 2.39. The summed E-state index contributed by atoms with van der Waals surface area (Å²) in [5.74, 6) is -3.94. The van der Waals surface area contributed by atoms with E-state index < -0.39 is 52.7 Å². The zero-order chi connectivity index (χ0) is 29.4. The third kappa shape index (κ3) is 8.55. The minimum Gasteiger partial charge on any atom is -0.480 e. The molecule has 214 valence electrons. The quantitative estimate of drug-likeness (QED) is 0.242. The van der Waals surface area contributed by atoms with Crippen molar-refractivity contribution in [2.75, 3.05) is 0 Å². The number of hydrogen-bond donors (Lipinski definition) is 2. The first-order chi connectivity index (χ1) is 17.5. The van der Waals surface area contributed by atoms with Gasteiger partial charge in [-0.2, -0.15) is 0 Å². The van der Waals surface area contributed by atoms with Gasteiger partial charge in [-0.05, 0) is 71.6 Å². The van der Waals surface area contributed by atoms with Gasteiger partial charge in [0.15, 0.2) is 11.5 Å². The van der Waals surface area contributed by atoms with E-state index >= 15 is 0 Å². The Kier molecular flexibility index (Phi) is 12.0. The molecule has 0 spiro atoms. The second-order valence-electron chi connectivity index (χ2n) is 11.2. The minimum absolute atomic E-state index is 0.0142. The summed E-state index contributed by atoms with van der Waals surface area (Å²) in [7, 11) is 0. The Morgan fingerprint density at radius 1 is 0.895 bits per heavy atom. The molecule has 0 aliphatic carbocycles. The van der Waals surface area contributed by atoms with Crippen LogP contribution in [-0.4, -0.2) is 41.1 Å². The maximum Gasteiger partial charge on any atom is 0.321 e. The van der Waals surface area contributed by atoms with Gasteiger partial charge in [-0.1, -0.05) is 33.8 Å². The molecule has 1 aromatic rings. The molecule has 0 saturated heterocycles. The normalized spacial score (nSPS) is 15.1. The van der Waals surface area contributed by atoms with Crippen molar-refractivity contribution in [1.29, 1.82) is 0 Å². The van der Waals surface area contributed by atoms with Gasteiger partial charge < -0.3 is 25.1 Å². The van der Waals surface area contributed by atoms with Crippen LogP contribution in [0.4, 0.5) is 0 Å². The van der Waals surface area contributed by atoms with Crippen LogP contribution in [0.1, 0.15) is 99.5 Å². The van der Waals surface area contributed by atoms with E-state index in [9.17, 15) is 24.3 Å². The number of nitrogens with two attached hydrogens (primary N) is 1. The van der Waals surface area contributed by atoms with Crippen molar-refractivity contribution in [1.82, 2.24) is 0 Å². The van der Waals surface area contributed by atoms with Gasteiger partial charge in [0.05, 0.1) is 10.8 Å². The predicted octanol–water partition coefficient (Wildman–Crippen LogP) is 5.23. The van der Waals surface area contributed by atoms with E-state index in [0.29, 0.717) is 24.8 Å².